The molecule has 3 rings (SSSR count). The van der Waals surface area contributed by atoms with E-state index in [1.54, 1.807) is 0 Å². The minimum Gasteiger partial charge on any atom is -0.348 e. The zero-order valence-corrected chi connectivity index (χ0v) is 12.9. The van der Waals surface area contributed by atoms with Crippen molar-refractivity contribution in [3.05, 3.63) is 54.1 Å². The molecule has 1 aromatic heterocycles. The largest absolute Gasteiger partial charge is 0.416 e. The topological polar surface area (TPSA) is 40.5 Å². The van der Waals surface area contributed by atoms with Gasteiger partial charge in [0.25, 0.3) is 0 Å². The normalized spacial score (nSPS) is 12.3. The molecule has 0 aliphatic heterocycles. The Labute approximate surface area is 134 Å². The van der Waals surface area contributed by atoms with Gasteiger partial charge in [-0.05, 0) is 30.5 Å². The van der Waals surface area contributed by atoms with E-state index < -0.39 is 11.7 Å². The van der Waals surface area contributed by atoms with E-state index in [4.69, 9.17) is 0 Å². The molecular weight excluding hydrogens is 323 g/mol. The van der Waals surface area contributed by atoms with Crippen LogP contribution in [0.25, 0.3) is 10.9 Å². The van der Waals surface area contributed by atoms with Crippen LogP contribution < -0.4 is 0 Å². The quantitative estimate of drug-likeness (QED) is 0.441. The van der Waals surface area contributed by atoms with Gasteiger partial charge in [-0.1, -0.05) is 24.3 Å². The second-order valence-electron chi connectivity index (χ2n) is 4.80. The molecule has 23 heavy (non-hydrogen) atoms. The van der Waals surface area contributed by atoms with Crippen LogP contribution in [0.3, 0.4) is 0 Å². The number of fused-ring (bicyclic) bond motifs is 1. The SMILES string of the molecule is CSc1[nH]c2ccccc2c1N=Nc1cccc(C(F)(F)F)c1. The number of benzene rings is 2. The molecule has 2 aromatic carbocycles. The van der Waals surface area contributed by atoms with E-state index in [1.165, 1.54) is 23.9 Å². The van der Waals surface area contributed by atoms with Crippen LogP contribution in [0.15, 0.2) is 63.8 Å². The van der Waals surface area contributed by atoms with E-state index in [1.807, 2.05) is 30.5 Å². The number of thioether (sulfide) groups is 1. The molecule has 1 N–H and O–H groups in total. The summed E-state index contributed by atoms with van der Waals surface area (Å²) in [6, 6.07) is 12.4. The van der Waals surface area contributed by atoms with E-state index in [0.717, 1.165) is 28.1 Å². The van der Waals surface area contributed by atoms with Crippen LogP contribution >= 0.6 is 11.8 Å². The number of H-pyrrole nitrogens is 1. The third kappa shape index (κ3) is 3.24. The van der Waals surface area contributed by atoms with Crippen molar-refractivity contribution in [3.63, 3.8) is 0 Å². The zero-order chi connectivity index (χ0) is 16.4. The minimum absolute atomic E-state index is 0.164. The summed E-state index contributed by atoms with van der Waals surface area (Å²) in [5, 5.41) is 9.84. The molecule has 0 atom stereocenters. The summed E-state index contributed by atoms with van der Waals surface area (Å²) in [6.45, 7) is 0. The lowest BCUT2D eigenvalue weighted by Gasteiger charge is -2.05. The number of hydrogen-bond acceptors (Lipinski definition) is 3. The van der Waals surface area contributed by atoms with Crippen molar-refractivity contribution >= 4 is 34.0 Å². The number of aromatic nitrogens is 1. The lowest BCUT2D eigenvalue weighted by molar-refractivity contribution is -0.137. The van der Waals surface area contributed by atoms with E-state index in [2.05, 4.69) is 15.2 Å². The van der Waals surface area contributed by atoms with Crippen molar-refractivity contribution in [3.8, 4) is 0 Å². The molecule has 1 heterocycles. The first-order chi connectivity index (χ1) is 11.0. The van der Waals surface area contributed by atoms with E-state index >= 15 is 0 Å². The van der Waals surface area contributed by atoms with Crippen LogP contribution in [0.2, 0.25) is 0 Å². The fourth-order valence-electron chi connectivity index (χ4n) is 2.20. The van der Waals surface area contributed by atoms with Crippen LogP contribution in [-0.2, 0) is 6.18 Å². The van der Waals surface area contributed by atoms with Gasteiger partial charge in [0, 0.05) is 10.9 Å². The molecule has 0 saturated carbocycles. The highest BCUT2D eigenvalue weighted by molar-refractivity contribution is 7.98. The summed E-state index contributed by atoms with van der Waals surface area (Å²) < 4.78 is 38.2. The van der Waals surface area contributed by atoms with Gasteiger partial charge in [0.1, 0.15) is 10.7 Å². The van der Waals surface area contributed by atoms with Crippen molar-refractivity contribution in [1.29, 1.82) is 0 Å². The third-order valence-electron chi connectivity index (χ3n) is 3.29. The number of aromatic amines is 1. The standard InChI is InChI=1S/C16H12F3N3S/c1-23-15-14(12-7-2-3-8-13(12)20-15)22-21-11-6-4-5-10(9-11)16(17,18)19/h2-9,20H,1H3. The zero-order valence-electron chi connectivity index (χ0n) is 12.1. The summed E-state index contributed by atoms with van der Waals surface area (Å²) >= 11 is 1.47. The van der Waals surface area contributed by atoms with Gasteiger partial charge in [-0.3, -0.25) is 0 Å². The second kappa shape index (κ2) is 6.08. The van der Waals surface area contributed by atoms with E-state index in [-0.39, 0.29) is 5.69 Å². The summed E-state index contributed by atoms with van der Waals surface area (Å²) in [5.74, 6) is 0. The molecule has 0 aliphatic rings. The monoisotopic (exact) mass is 335 g/mol. The first-order valence-electron chi connectivity index (χ1n) is 6.73. The lowest BCUT2D eigenvalue weighted by Crippen LogP contribution is -2.03. The summed E-state index contributed by atoms with van der Waals surface area (Å²) in [4.78, 5) is 3.21. The Balaban J connectivity index is 2.01. The Morgan fingerprint density at radius 2 is 1.78 bits per heavy atom. The van der Waals surface area contributed by atoms with Crippen molar-refractivity contribution in [1.82, 2.24) is 4.98 Å². The van der Waals surface area contributed by atoms with Crippen molar-refractivity contribution in [2.24, 2.45) is 10.2 Å². The Morgan fingerprint density at radius 1 is 1.00 bits per heavy atom. The van der Waals surface area contributed by atoms with Gasteiger partial charge in [0.05, 0.1) is 11.3 Å². The molecule has 0 unspecified atom stereocenters. The molecule has 0 aliphatic carbocycles. The van der Waals surface area contributed by atoms with Gasteiger partial charge < -0.3 is 4.98 Å². The maximum absolute atomic E-state index is 12.7. The average Bonchev–Trinajstić information content (AvgIpc) is 2.90. The predicted molar refractivity (Wildman–Crippen MR) is 85.7 cm³/mol. The minimum atomic E-state index is -4.39. The van der Waals surface area contributed by atoms with Gasteiger partial charge in [-0.2, -0.15) is 18.3 Å². The Bertz CT molecular complexity index is 868. The van der Waals surface area contributed by atoms with Gasteiger partial charge in [-0.25, -0.2) is 0 Å². The van der Waals surface area contributed by atoms with Gasteiger partial charge >= 0.3 is 6.18 Å². The number of nitrogens with zero attached hydrogens (tertiary/aromatic N) is 2. The van der Waals surface area contributed by atoms with Crippen molar-refractivity contribution in [2.75, 3.05) is 6.26 Å². The fourth-order valence-corrected chi connectivity index (χ4v) is 2.76. The number of hydrogen-bond donors (Lipinski definition) is 1. The van der Waals surface area contributed by atoms with Crippen molar-refractivity contribution < 1.29 is 13.2 Å². The number of azo groups is 1. The number of alkyl halides is 3. The Hall–Kier alpha value is -2.28. The molecule has 0 radical (unpaired) electrons. The molecule has 118 valence electrons. The highest BCUT2D eigenvalue weighted by atomic mass is 32.2. The second-order valence-corrected chi connectivity index (χ2v) is 5.62. The molecular formula is C16H12F3N3S. The third-order valence-corrected chi connectivity index (χ3v) is 3.99. The van der Waals surface area contributed by atoms with E-state index in [0.29, 0.717) is 5.69 Å². The van der Waals surface area contributed by atoms with Gasteiger partial charge in [-0.15, -0.1) is 16.9 Å². The summed E-state index contributed by atoms with van der Waals surface area (Å²) in [6.07, 6.45) is -2.50. The lowest BCUT2D eigenvalue weighted by atomic mass is 10.2. The molecule has 0 fully saturated rings. The molecule has 3 aromatic rings. The number of rotatable bonds is 3. The van der Waals surface area contributed by atoms with Crippen LogP contribution in [0, 0.1) is 0 Å². The highest BCUT2D eigenvalue weighted by Crippen LogP contribution is 2.37. The van der Waals surface area contributed by atoms with Crippen LogP contribution in [-0.4, -0.2) is 11.2 Å². The molecule has 0 bridgehead atoms. The number of halogens is 3. The molecule has 0 saturated heterocycles. The van der Waals surface area contributed by atoms with Crippen molar-refractivity contribution in [2.45, 2.75) is 11.2 Å². The molecule has 0 amide bonds. The van der Waals surface area contributed by atoms with Crippen LogP contribution in [0.5, 0.6) is 0 Å². The number of nitrogens with one attached hydrogen (secondary N) is 1. The maximum atomic E-state index is 12.7. The Kier molecular flexibility index (Phi) is 4.12. The summed E-state index contributed by atoms with van der Waals surface area (Å²) in [7, 11) is 0. The van der Waals surface area contributed by atoms with Crippen LogP contribution in [0.1, 0.15) is 5.56 Å². The first kappa shape index (κ1) is 15.6. The van der Waals surface area contributed by atoms with Gasteiger partial charge in [0.15, 0.2) is 0 Å². The molecule has 3 nitrogen and oxygen atoms in total. The number of para-hydroxylation sites is 1. The molecule has 0 spiro atoms. The van der Waals surface area contributed by atoms with E-state index in [9.17, 15) is 13.2 Å². The molecule has 7 heteroatoms. The van der Waals surface area contributed by atoms with Crippen LogP contribution in [0.4, 0.5) is 24.5 Å². The first-order valence-corrected chi connectivity index (χ1v) is 7.95. The maximum Gasteiger partial charge on any atom is 0.416 e. The smallest absolute Gasteiger partial charge is 0.348 e. The fraction of sp³-hybridized carbons (Fsp3) is 0.125. The predicted octanol–water partition coefficient (Wildman–Crippen LogP) is 6.32. The Morgan fingerprint density at radius 3 is 2.52 bits per heavy atom. The van der Waals surface area contributed by atoms with Gasteiger partial charge in [0.2, 0.25) is 0 Å². The average molecular weight is 335 g/mol. The highest BCUT2D eigenvalue weighted by Gasteiger charge is 2.30. The summed E-state index contributed by atoms with van der Waals surface area (Å²) in [5.41, 5.74) is 0.968.